The SMILES string of the molecule is CCCNc1snnc1CN1CCSCC1C. The van der Waals surface area contributed by atoms with Crippen LogP contribution in [0.1, 0.15) is 26.0 Å². The first kappa shape index (κ1) is 13.1. The van der Waals surface area contributed by atoms with Crippen LogP contribution < -0.4 is 5.32 Å². The quantitative estimate of drug-likeness (QED) is 0.890. The second kappa shape index (κ2) is 6.56. The monoisotopic (exact) mass is 272 g/mol. The Bertz CT molecular complexity index is 342. The zero-order chi connectivity index (χ0) is 12.1. The molecule has 0 spiro atoms. The Kier molecular flexibility index (Phi) is 5.06. The van der Waals surface area contributed by atoms with Gasteiger partial charge in [-0.2, -0.15) is 11.8 Å². The number of thioether (sulfide) groups is 1. The Morgan fingerprint density at radius 2 is 2.41 bits per heavy atom. The summed E-state index contributed by atoms with van der Waals surface area (Å²) >= 11 is 3.52. The lowest BCUT2D eigenvalue weighted by atomic mass is 10.3. The average Bonchev–Trinajstić information content (AvgIpc) is 2.77. The summed E-state index contributed by atoms with van der Waals surface area (Å²) in [6.45, 7) is 7.57. The lowest BCUT2D eigenvalue weighted by Gasteiger charge is -2.32. The highest BCUT2D eigenvalue weighted by Crippen LogP contribution is 2.23. The zero-order valence-corrected chi connectivity index (χ0v) is 12.1. The summed E-state index contributed by atoms with van der Waals surface area (Å²) in [6, 6.07) is 0.648. The Morgan fingerprint density at radius 1 is 1.53 bits per heavy atom. The largest absolute Gasteiger partial charge is 0.374 e. The van der Waals surface area contributed by atoms with E-state index in [2.05, 4.69) is 33.7 Å². The summed E-state index contributed by atoms with van der Waals surface area (Å²) in [5.74, 6) is 2.47. The molecule has 0 aromatic carbocycles. The third kappa shape index (κ3) is 3.56. The molecule has 1 aliphatic heterocycles. The fraction of sp³-hybridized carbons (Fsp3) is 0.818. The van der Waals surface area contributed by atoms with Crippen LogP contribution in [0.5, 0.6) is 0 Å². The number of nitrogens with zero attached hydrogens (tertiary/aromatic N) is 3. The number of nitrogens with one attached hydrogen (secondary N) is 1. The van der Waals surface area contributed by atoms with Crippen molar-refractivity contribution in [1.29, 1.82) is 0 Å². The predicted molar refractivity (Wildman–Crippen MR) is 75.9 cm³/mol. The molecule has 2 rings (SSSR count). The number of aromatic nitrogens is 2. The Morgan fingerprint density at radius 3 is 3.18 bits per heavy atom. The molecule has 0 amide bonds. The molecule has 0 radical (unpaired) electrons. The second-order valence-corrected chi connectivity index (χ2v) is 6.27. The third-order valence-electron chi connectivity index (χ3n) is 2.95. The van der Waals surface area contributed by atoms with E-state index in [4.69, 9.17) is 0 Å². The molecule has 0 aliphatic carbocycles. The molecule has 2 heterocycles. The molecule has 1 fully saturated rings. The van der Waals surface area contributed by atoms with Gasteiger partial charge in [-0.15, -0.1) is 5.10 Å². The van der Waals surface area contributed by atoms with Gasteiger partial charge in [0.25, 0.3) is 0 Å². The van der Waals surface area contributed by atoms with Gasteiger partial charge in [-0.1, -0.05) is 11.4 Å². The van der Waals surface area contributed by atoms with E-state index in [1.54, 1.807) is 0 Å². The molecule has 4 nitrogen and oxygen atoms in total. The fourth-order valence-electron chi connectivity index (χ4n) is 1.87. The van der Waals surface area contributed by atoms with Gasteiger partial charge in [-0.05, 0) is 13.3 Å². The van der Waals surface area contributed by atoms with E-state index < -0.39 is 0 Å². The van der Waals surface area contributed by atoms with E-state index in [0.29, 0.717) is 6.04 Å². The van der Waals surface area contributed by atoms with E-state index in [-0.39, 0.29) is 0 Å². The fourth-order valence-corrected chi connectivity index (χ4v) is 3.55. The molecule has 1 aromatic rings. The van der Waals surface area contributed by atoms with E-state index in [0.717, 1.165) is 36.8 Å². The molecular formula is C11H20N4S2. The van der Waals surface area contributed by atoms with Crippen molar-refractivity contribution in [2.45, 2.75) is 32.9 Å². The van der Waals surface area contributed by atoms with Gasteiger partial charge in [0.1, 0.15) is 10.7 Å². The van der Waals surface area contributed by atoms with Gasteiger partial charge in [-0.3, -0.25) is 4.90 Å². The van der Waals surface area contributed by atoms with Crippen LogP contribution in [0.2, 0.25) is 0 Å². The van der Waals surface area contributed by atoms with Crippen LogP contribution in [0.15, 0.2) is 0 Å². The minimum Gasteiger partial charge on any atom is -0.374 e. The van der Waals surface area contributed by atoms with Crippen LogP contribution in [-0.4, -0.2) is 45.1 Å². The lowest BCUT2D eigenvalue weighted by molar-refractivity contribution is 0.221. The summed E-state index contributed by atoms with van der Waals surface area (Å²) < 4.78 is 4.06. The molecule has 1 atom stereocenters. The molecule has 1 aliphatic rings. The van der Waals surface area contributed by atoms with Crippen molar-refractivity contribution in [1.82, 2.24) is 14.5 Å². The minimum atomic E-state index is 0.648. The molecule has 0 saturated carbocycles. The summed E-state index contributed by atoms with van der Waals surface area (Å²) in [7, 11) is 0. The summed E-state index contributed by atoms with van der Waals surface area (Å²) in [5, 5.41) is 8.81. The number of hydrogen-bond donors (Lipinski definition) is 1. The molecule has 1 N–H and O–H groups in total. The summed E-state index contributed by atoms with van der Waals surface area (Å²) in [4.78, 5) is 2.50. The Labute approximate surface area is 111 Å². The molecular weight excluding hydrogens is 252 g/mol. The minimum absolute atomic E-state index is 0.648. The van der Waals surface area contributed by atoms with Crippen LogP contribution in [0.3, 0.4) is 0 Å². The molecule has 1 aromatic heterocycles. The molecule has 1 saturated heterocycles. The second-order valence-electron chi connectivity index (χ2n) is 4.37. The maximum Gasteiger partial charge on any atom is 0.134 e. The van der Waals surface area contributed by atoms with Gasteiger partial charge in [0.05, 0.1) is 0 Å². The highest BCUT2D eigenvalue weighted by Gasteiger charge is 2.21. The Balaban J connectivity index is 1.95. The molecule has 1 unspecified atom stereocenters. The van der Waals surface area contributed by atoms with Gasteiger partial charge in [-0.25, -0.2) is 0 Å². The first-order valence-corrected chi connectivity index (χ1v) is 8.11. The van der Waals surface area contributed by atoms with Crippen molar-refractivity contribution in [3.63, 3.8) is 0 Å². The van der Waals surface area contributed by atoms with Crippen molar-refractivity contribution in [2.75, 3.05) is 29.9 Å². The molecule has 17 heavy (non-hydrogen) atoms. The third-order valence-corrected chi connectivity index (χ3v) is 4.86. The van der Waals surface area contributed by atoms with Gasteiger partial charge < -0.3 is 5.32 Å². The van der Waals surface area contributed by atoms with Crippen molar-refractivity contribution in [3.8, 4) is 0 Å². The van der Waals surface area contributed by atoms with E-state index in [9.17, 15) is 0 Å². The van der Waals surface area contributed by atoms with Crippen LogP contribution in [0.4, 0.5) is 5.00 Å². The van der Waals surface area contributed by atoms with Crippen LogP contribution in [0.25, 0.3) is 0 Å². The average molecular weight is 272 g/mol. The van der Waals surface area contributed by atoms with Crippen LogP contribution in [-0.2, 0) is 6.54 Å². The van der Waals surface area contributed by atoms with Gasteiger partial charge in [0, 0.05) is 48.7 Å². The highest BCUT2D eigenvalue weighted by atomic mass is 32.2. The summed E-state index contributed by atoms with van der Waals surface area (Å²) in [5.41, 5.74) is 1.11. The first-order chi connectivity index (χ1) is 8.31. The van der Waals surface area contributed by atoms with Crippen LogP contribution in [0, 0.1) is 0 Å². The van der Waals surface area contributed by atoms with Crippen molar-refractivity contribution >= 4 is 28.3 Å². The van der Waals surface area contributed by atoms with Crippen LogP contribution >= 0.6 is 23.3 Å². The van der Waals surface area contributed by atoms with Gasteiger partial charge in [0.2, 0.25) is 0 Å². The number of rotatable bonds is 5. The number of anilines is 1. The number of hydrogen-bond acceptors (Lipinski definition) is 6. The maximum atomic E-state index is 4.26. The smallest absolute Gasteiger partial charge is 0.134 e. The lowest BCUT2D eigenvalue weighted by Crippen LogP contribution is -2.39. The molecule has 0 bridgehead atoms. The zero-order valence-electron chi connectivity index (χ0n) is 10.5. The molecule has 96 valence electrons. The Hall–Kier alpha value is -0.330. The first-order valence-electron chi connectivity index (χ1n) is 6.18. The predicted octanol–water partition coefficient (Wildman–Crippen LogP) is 2.30. The van der Waals surface area contributed by atoms with Crippen molar-refractivity contribution in [3.05, 3.63) is 5.69 Å². The van der Waals surface area contributed by atoms with Gasteiger partial charge in [0.15, 0.2) is 0 Å². The normalized spacial score (nSPS) is 21.6. The topological polar surface area (TPSA) is 41.1 Å². The van der Waals surface area contributed by atoms with Gasteiger partial charge >= 0.3 is 0 Å². The summed E-state index contributed by atoms with van der Waals surface area (Å²) in [6.07, 6.45) is 1.13. The van der Waals surface area contributed by atoms with E-state index >= 15 is 0 Å². The standard InChI is InChI=1S/C11H20N4S2/c1-3-4-12-11-10(13-14-17-11)7-15-5-6-16-8-9(15)2/h9,12H,3-8H2,1-2H3. The van der Waals surface area contributed by atoms with Crippen molar-refractivity contribution in [2.24, 2.45) is 0 Å². The highest BCUT2D eigenvalue weighted by molar-refractivity contribution is 7.99. The molecule has 6 heteroatoms. The van der Waals surface area contributed by atoms with E-state index in [1.807, 2.05) is 11.8 Å². The van der Waals surface area contributed by atoms with E-state index in [1.165, 1.54) is 23.0 Å². The maximum absolute atomic E-state index is 4.26. The van der Waals surface area contributed by atoms with Crippen molar-refractivity contribution < 1.29 is 0 Å².